The van der Waals surface area contributed by atoms with E-state index in [1.807, 2.05) is 36.4 Å². The average molecular weight is 679 g/mol. The zero-order valence-electron chi connectivity index (χ0n) is 28.9. The van der Waals surface area contributed by atoms with E-state index in [1.165, 1.54) is 44.5 Å². The molecule has 1 heterocycles. The number of nitrogens with zero attached hydrogens (tertiary/aromatic N) is 2. The van der Waals surface area contributed by atoms with Gasteiger partial charge in [-0.2, -0.15) is 0 Å². The summed E-state index contributed by atoms with van der Waals surface area (Å²) in [6.45, 7) is 0. The van der Waals surface area contributed by atoms with Crippen LogP contribution in [0.4, 0.5) is 17.1 Å². The Bertz CT molecular complexity index is 2660. The third-order valence-electron chi connectivity index (χ3n) is 10.6. The predicted octanol–water partition coefficient (Wildman–Crippen LogP) is 13.0. The van der Waals surface area contributed by atoms with Gasteiger partial charge in [-0.1, -0.05) is 152 Å². The Kier molecular flexibility index (Phi) is 7.36. The van der Waals surface area contributed by atoms with Crippen molar-refractivity contribution in [3.63, 3.8) is 0 Å². The number of hydrogen-bond donors (Lipinski definition) is 0. The van der Waals surface area contributed by atoms with Crippen LogP contribution in [-0.2, 0) is 5.41 Å². The van der Waals surface area contributed by atoms with Gasteiger partial charge in [0.15, 0.2) is 5.58 Å². The van der Waals surface area contributed by atoms with Gasteiger partial charge in [-0.15, -0.1) is 0 Å². The van der Waals surface area contributed by atoms with Gasteiger partial charge in [0.25, 0.3) is 0 Å². The third kappa shape index (κ3) is 5.09. The number of fused-ring (bicyclic) bond motifs is 4. The Balaban J connectivity index is 1.19. The van der Waals surface area contributed by atoms with Crippen molar-refractivity contribution < 1.29 is 4.42 Å². The van der Waals surface area contributed by atoms with E-state index >= 15 is 0 Å². The van der Waals surface area contributed by atoms with Crippen molar-refractivity contribution in [2.24, 2.45) is 0 Å². The number of oxazole rings is 1. The Labute approximate surface area is 309 Å². The van der Waals surface area contributed by atoms with Crippen LogP contribution in [0.1, 0.15) is 22.3 Å². The van der Waals surface area contributed by atoms with Gasteiger partial charge in [-0.05, 0) is 99.1 Å². The minimum Gasteiger partial charge on any atom is -0.436 e. The first-order valence-corrected chi connectivity index (χ1v) is 18.0. The van der Waals surface area contributed by atoms with Gasteiger partial charge in [-0.25, -0.2) is 4.98 Å². The summed E-state index contributed by atoms with van der Waals surface area (Å²) in [6, 6.07) is 73.6. The molecule has 0 saturated carbocycles. The van der Waals surface area contributed by atoms with E-state index in [9.17, 15) is 0 Å². The molecule has 0 saturated heterocycles. The molecule has 0 unspecified atom stereocenters. The van der Waals surface area contributed by atoms with Gasteiger partial charge in [0, 0.05) is 22.6 Å². The number of aromatic nitrogens is 1. The van der Waals surface area contributed by atoms with Gasteiger partial charge in [0.1, 0.15) is 5.52 Å². The van der Waals surface area contributed by atoms with Crippen LogP contribution in [0, 0.1) is 0 Å². The molecule has 10 rings (SSSR count). The lowest BCUT2D eigenvalue weighted by Gasteiger charge is -2.35. The van der Waals surface area contributed by atoms with E-state index in [0.29, 0.717) is 5.89 Å². The SMILES string of the molecule is c1ccc(-c2ccc(N(c3ccc4c(c3)C(c3ccccc3)(c3ccccc3)c3ccccc3-4)c3ccc4oc(-c5ccccc5)nc4c3)cc2)cc1. The van der Waals surface area contributed by atoms with E-state index < -0.39 is 5.41 Å². The van der Waals surface area contributed by atoms with Crippen molar-refractivity contribution in [1.29, 1.82) is 0 Å². The second-order valence-electron chi connectivity index (χ2n) is 13.5. The van der Waals surface area contributed by atoms with Crippen LogP contribution in [-0.4, -0.2) is 4.98 Å². The summed E-state index contributed by atoms with van der Waals surface area (Å²) in [5.74, 6) is 0.613. The lowest BCUT2D eigenvalue weighted by molar-refractivity contribution is 0.620. The molecule has 0 radical (unpaired) electrons. The van der Waals surface area contributed by atoms with Crippen molar-refractivity contribution in [1.82, 2.24) is 4.98 Å². The molecule has 3 heteroatoms. The smallest absolute Gasteiger partial charge is 0.227 e. The lowest BCUT2D eigenvalue weighted by Crippen LogP contribution is -2.28. The fraction of sp³-hybridized carbons (Fsp3) is 0.0200. The van der Waals surface area contributed by atoms with Gasteiger partial charge in [0.2, 0.25) is 5.89 Å². The highest BCUT2D eigenvalue weighted by Gasteiger charge is 2.46. The van der Waals surface area contributed by atoms with E-state index in [4.69, 9.17) is 9.40 Å². The molecule has 0 fully saturated rings. The van der Waals surface area contributed by atoms with Crippen LogP contribution in [0.3, 0.4) is 0 Å². The average Bonchev–Trinajstić information content (AvgIpc) is 3.80. The largest absolute Gasteiger partial charge is 0.436 e. The number of rotatable bonds is 7. The monoisotopic (exact) mass is 678 g/mol. The second-order valence-corrected chi connectivity index (χ2v) is 13.5. The molecule has 0 bridgehead atoms. The molecule has 0 amide bonds. The number of anilines is 3. The molecule has 3 nitrogen and oxygen atoms in total. The Morgan fingerprint density at radius 1 is 0.396 bits per heavy atom. The summed E-state index contributed by atoms with van der Waals surface area (Å²) in [5.41, 5.74) is 15.0. The molecule has 1 aliphatic carbocycles. The van der Waals surface area contributed by atoms with Crippen LogP contribution in [0.25, 0.3) is 44.8 Å². The highest BCUT2D eigenvalue weighted by molar-refractivity contribution is 5.91. The standard InChI is InChI=1S/C50H34N2O/c1-5-15-35(16-6-1)36-25-27-40(28-26-36)52(42-30-32-48-47(34-42)51-49(53-48)37-17-7-2-8-18-37)41-29-31-44-43-23-13-14-24-45(43)50(46(44)33-41,38-19-9-3-10-20-38)39-21-11-4-12-22-39/h1-34H. The fourth-order valence-corrected chi connectivity index (χ4v) is 8.21. The molecule has 8 aromatic carbocycles. The normalized spacial score (nSPS) is 12.7. The fourth-order valence-electron chi connectivity index (χ4n) is 8.21. The lowest BCUT2D eigenvalue weighted by atomic mass is 9.67. The Morgan fingerprint density at radius 2 is 0.906 bits per heavy atom. The van der Waals surface area contributed by atoms with Crippen molar-refractivity contribution in [2.45, 2.75) is 5.41 Å². The third-order valence-corrected chi connectivity index (χ3v) is 10.6. The van der Waals surface area contributed by atoms with Crippen molar-refractivity contribution in [2.75, 3.05) is 4.90 Å². The molecule has 0 atom stereocenters. The summed E-state index contributed by atoms with van der Waals surface area (Å²) < 4.78 is 6.26. The van der Waals surface area contributed by atoms with Crippen molar-refractivity contribution in [3.8, 4) is 33.7 Å². The molecule has 0 N–H and O–H groups in total. The van der Waals surface area contributed by atoms with Gasteiger partial charge in [-0.3, -0.25) is 0 Å². The van der Waals surface area contributed by atoms with Gasteiger partial charge >= 0.3 is 0 Å². The van der Waals surface area contributed by atoms with Crippen molar-refractivity contribution >= 4 is 28.2 Å². The zero-order valence-corrected chi connectivity index (χ0v) is 28.9. The number of hydrogen-bond acceptors (Lipinski definition) is 3. The molecule has 53 heavy (non-hydrogen) atoms. The van der Waals surface area contributed by atoms with Crippen LogP contribution in [0.2, 0.25) is 0 Å². The first-order chi connectivity index (χ1) is 26.3. The van der Waals surface area contributed by atoms with Crippen molar-refractivity contribution in [3.05, 3.63) is 229 Å². The summed E-state index contributed by atoms with van der Waals surface area (Å²) in [5, 5.41) is 0. The Hall–Kier alpha value is -6.97. The van der Waals surface area contributed by atoms with E-state index in [-0.39, 0.29) is 0 Å². The molecule has 1 aromatic heterocycles. The maximum absolute atomic E-state index is 6.26. The number of benzene rings is 8. The van der Waals surface area contributed by atoms with Crippen LogP contribution < -0.4 is 4.90 Å². The Morgan fingerprint density at radius 3 is 1.58 bits per heavy atom. The molecule has 0 aliphatic heterocycles. The second kappa shape index (κ2) is 12.7. The maximum atomic E-state index is 6.26. The van der Waals surface area contributed by atoms with Crippen LogP contribution >= 0.6 is 0 Å². The van der Waals surface area contributed by atoms with Crippen LogP contribution in [0.15, 0.2) is 211 Å². The van der Waals surface area contributed by atoms with E-state index in [0.717, 1.165) is 33.7 Å². The molecular formula is C50H34N2O. The predicted molar refractivity (Wildman–Crippen MR) is 217 cm³/mol. The van der Waals surface area contributed by atoms with Crippen LogP contribution in [0.5, 0.6) is 0 Å². The molecule has 0 spiro atoms. The summed E-state index contributed by atoms with van der Waals surface area (Å²) >= 11 is 0. The van der Waals surface area contributed by atoms with Gasteiger partial charge < -0.3 is 9.32 Å². The van der Waals surface area contributed by atoms with Gasteiger partial charge in [0.05, 0.1) is 5.41 Å². The minimum atomic E-state index is -0.506. The zero-order chi connectivity index (χ0) is 35.2. The highest BCUT2D eigenvalue weighted by atomic mass is 16.3. The first kappa shape index (κ1) is 30.8. The highest BCUT2D eigenvalue weighted by Crippen LogP contribution is 2.57. The summed E-state index contributed by atoms with van der Waals surface area (Å²) in [7, 11) is 0. The summed E-state index contributed by atoms with van der Waals surface area (Å²) in [4.78, 5) is 7.30. The minimum absolute atomic E-state index is 0.506. The topological polar surface area (TPSA) is 29.3 Å². The van der Waals surface area contributed by atoms with E-state index in [2.05, 4.69) is 175 Å². The first-order valence-electron chi connectivity index (χ1n) is 18.0. The quantitative estimate of drug-likeness (QED) is 0.168. The van der Waals surface area contributed by atoms with E-state index in [1.54, 1.807) is 0 Å². The molecule has 250 valence electrons. The maximum Gasteiger partial charge on any atom is 0.227 e. The molecule has 9 aromatic rings. The molecule has 1 aliphatic rings. The summed E-state index contributed by atoms with van der Waals surface area (Å²) in [6.07, 6.45) is 0. The molecular weight excluding hydrogens is 645 g/mol.